The number of rotatable bonds is 9. The minimum atomic E-state index is -3.79. The molecule has 158 valence electrons. The molecule has 1 amide bonds. The van der Waals surface area contributed by atoms with Gasteiger partial charge < -0.3 is 14.5 Å². The first-order valence-electron chi connectivity index (χ1n) is 9.14. The first kappa shape index (κ1) is 21.9. The highest BCUT2D eigenvalue weighted by molar-refractivity contribution is 7.89. The van der Waals surface area contributed by atoms with Crippen molar-refractivity contribution in [2.45, 2.75) is 24.4 Å². The van der Waals surface area contributed by atoms with E-state index in [1.807, 2.05) is 30.3 Å². The Morgan fingerprint density at radius 1 is 1.13 bits per heavy atom. The maximum atomic E-state index is 12.7. The lowest BCUT2D eigenvalue weighted by Crippen LogP contribution is -2.28. The Bertz CT molecular complexity index is 1090. The molecule has 1 atom stereocenters. The first-order valence-corrected chi connectivity index (χ1v) is 11.0. The van der Waals surface area contributed by atoms with Crippen molar-refractivity contribution in [2.24, 2.45) is 0 Å². The minimum absolute atomic E-state index is 0.00454. The van der Waals surface area contributed by atoms with Crippen LogP contribution in [-0.2, 0) is 21.4 Å². The molecular weight excluding hydrogens is 428 g/mol. The molecule has 30 heavy (non-hydrogen) atoms. The fourth-order valence-electron chi connectivity index (χ4n) is 2.67. The van der Waals surface area contributed by atoms with Gasteiger partial charge in [0.1, 0.15) is 11.5 Å². The quantitative estimate of drug-likeness (QED) is 0.520. The highest BCUT2D eigenvalue weighted by atomic mass is 35.5. The van der Waals surface area contributed by atoms with Crippen LogP contribution in [0, 0.1) is 0 Å². The fourth-order valence-corrected chi connectivity index (χ4v) is 4.23. The third-order valence-electron chi connectivity index (χ3n) is 4.24. The van der Waals surface area contributed by atoms with Crippen LogP contribution in [0.4, 0.5) is 0 Å². The molecule has 3 aromatic rings. The standard InChI is InChI=1S/C21H21ClN2O5S/c1-15(16-6-3-2-4-7-16)24-30(26,27)18-9-10-20(19(22)12-18)29-14-21(25)23-13-17-8-5-11-28-17/h2-12,15,24H,13-14H2,1H3,(H,23,25). The number of hydrogen-bond acceptors (Lipinski definition) is 5. The number of amides is 1. The molecular formula is C21H21ClN2O5S. The molecule has 2 aromatic carbocycles. The summed E-state index contributed by atoms with van der Waals surface area (Å²) in [5.74, 6) is 0.463. The summed E-state index contributed by atoms with van der Waals surface area (Å²) >= 11 is 6.17. The summed E-state index contributed by atoms with van der Waals surface area (Å²) in [5, 5.41) is 2.73. The Balaban J connectivity index is 1.59. The van der Waals surface area contributed by atoms with Crippen molar-refractivity contribution >= 4 is 27.5 Å². The van der Waals surface area contributed by atoms with E-state index in [1.54, 1.807) is 19.1 Å². The van der Waals surface area contributed by atoms with Gasteiger partial charge in [0.2, 0.25) is 10.0 Å². The van der Waals surface area contributed by atoms with E-state index in [0.717, 1.165) is 5.56 Å². The predicted molar refractivity (Wildman–Crippen MR) is 113 cm³/mol. The summed E-state index contributed by atoms with van der Waals surface area (Å²) in [5.41, 5.74) is 0.840. The number of ether oxygens (including phenoxy) is 1. The van der Waals surface area contributed by atoms with Crippen LogP contribution in [0.5, 0.6) is 5.75 Å². The van der Waals surface area contributed by atoms with Gasteiger partial charge in [-0.25, -0.2) is 13.1 Å². The van der Waals surface area contributed by atoms with E-state index in [9.17, 15) is 13.2 Å². The summed E-state index contributed by atoms with van der Waals surface area (Å²) in [7, 11) is -3.79. The molecule has 9 heteroatoms. The molecule has 0 saturated carbocycles. The molecule has 0 bridgehead atoms. The number of carbonyl (C=O) groups is 1. The molecule has 1 aromatic heterocycles. The average molecular weight is 449 g/mol. The van der Waals surface area contributed by atoms with E-state index >= 15 is 0 Å². The summed E-state index contributed by atoms with van der Waals surface area (Å²) in [6.45, 7) is 1.73. The monoisotopic (exact) mass is 448 g/mol. The van der Waals surface area contributed by atoms with E-state index in [-0.39, 0.29) is 34.7 Å². The van der Waals surface area contributed by atoms with E-state index in [4.69, 9.17) is 20.8 Å². The molecule has 0 saturated heterocycles. The van der Waals surface area contributed by atoms with E-state index < -0.39 is 16.1 Å². The van der Waals surface area contributed by atoms with Gasteiger partial charge in [-0.2, -0.15) is 0 Å². The number of nitrogens with one attached hydrogen (secondary N) is 2. The second-order valence-corrected chi connectivity index (χ2v) is 8.61. The van der Waals surface area contributed by atoms with Crippen molar-refractivity contribution in [3.05, 3.63) is 83.3 Å². The molecule has 0 spiro atoms. The largest absolute Gasteiger partial charge is 0.482 e. The summed E-state index contributed by atoms with van der Waals surface area (Å²) in [4.78, 5) is 11.9. The smallest absolute Gasteiger partial charge is 0.258 e. The summed E-state index contributed by atoms with van der Waals surface area (Å²) in [6, 6.07) is 16.4. The molecule has 0 aliphatic carbocycles. The zero-order valence-electron chi connectivity index (χ0n) is 16.2. The van der Waals surface area contributed by atoms with Crippen LogP contribution >= 0.6 is 11.6 Å². The van der Waals surface area contributed by atoms with Gasteiger partial charge in [0, 0.05) is 6.04 Å². The zero-order valence-corrected chi connectivity index (χ0v) is 17.7. The van der Waals surface area contributed by atoms with Crippen molar-refractivity contribution in [3.8, 4) is 5.75 Å². The number of halogens is 1. The van der Waals surface area contributed by atoms with Crippen molar-refractivity contribution in [1.82, 2.24) is 10.0 Å². The predicted octanol–water partition coefficient (Wildman–Crippen LogP) is 3.67. The number of furan rings is 1. The molecule has 0 aliphatic rings. The van der Waals surface area contributed by atoms with Gasteiger partial charge in [0.05, 0.1) is 22.7 Å². The van der Waals surface area contributed by atoms with Crippen LogP contribution in [0.2, 0.25) is 5.02 Å². The third kappa shape index (κ3) is 5.85. The average Bonchev–Trinajstić information content (AvgIpc) is 3.25. The fraction of sp³-hybridized carbons (Fsp3) is 0.190. The molecule has 0 fully saturated rings. The third-order valence-corrected chi connectivity index (χ3v) is 6.08. The van der Waals surface area contributed by atoms with Crippen molar-refractivity contribution in [3.63, 3.8) is 0 Å². The van der Waals surface area contributed by atoms with Crippen LogP contribution in [0.3, 0.4) is 0 Å². The first-order chi connectivity index (χ1) is 14.3. The normalized spacial score (nSPS) is 12.3. The second-order valence-electron chi connectivity index (χ2n) is 6.49. The highest BCUT2D eigenvalue weighted by Gasteiger charge is 2.20. The van der Waals surface area contributed by atoms with Gasteiger partial charge in [-0.15, -0.1) is 0 Å². The molecule has 2 N–H and O–H groups in total. The Labute approximate surface area is 180 Å². The van der Waals surface area contributed by atoms with Crippen LogP contribution in [0.15, 0.2) is 76.2 Å². The molecule has 1 unspecified atom stereocenters. The van der Waals surface area contributed by atoms with Crippen molar-refractivity contribution in [1.29, 1.82) is 0 Å². The number of carbonyl (C=O) groups excluding carboxylic acids is 1. The van der Waals surface area contributed by atoms with Gasteiger partial charge >= 0.3 is 0 Å². The molecule has 3 rings (SSSR count). The Hall–Kier alpha value is -2.81. The van der Waals surface area contributed by atoms with Gasteiger partial charge in [-0.05, 0) is 42.8 Å². The van der Waals surface area contributed by atoms with Crippen LogP contribution in [-0.4, -0.2) is 20.9 Å². The maximum absolute atomic E-state index is 12.7. The van der Waals surface area contributed by atoms with Gasteiger partial charge in [0.15, 0.2) is 6.61 Å². The topological polar surface area (TPSA) is 97.6 Å². The zero-order chi connectivity index (χ0) is 21.6. The van der Waals surface area contributed by atoms with E-state index in [2.05, 4.69) is 10.0 Å². The highest BCUT2D eigenvalue weighted by Crippen LogP contribution is 2.28. The Morgan fingerprint density at radius 3 is 2.57 bits per heavy atom. The molecule has 0 radical (unpaired) electrons. The van der Waals surface area contributed by atoms with Crippen molar-refractivity contribution in [2.75, 3.05) is 6.61 Å². The number of sulfonamides is 1. The van der Waals surface area contributed by atoms with Gasteiger partial charge in [0.25, 0.3) is 5.91 Å². The lowest BCUT2D eigenvalue weighted by atomic mass is 10.1. The van der Waals surface area contributed by atoms with Crippen LogP contribution in [0.1, 0.15) is 24.3 Å². The van der Waals surface area contributed by atoms with Crippen molar-refractivity contribution < 1.29 is 22.4 Å². The number of benzene rings is 2. The van der Waals surface area contributed by atoms with E-state index in [0.29, 0.717) is 5.76 Å². The second kappa shape index (κ2) is 9.80. The lowest BCUT2D eigenvalue weighted by molar-refractivity contribution is -0.123. The molecule has 1 heterocycles. The Kier molecular flexibility index (Phi) is 7.15. The lowest BCUT2D eigenvalue weighted by Gasteiger charge is -2.15. The van der Waals surface area contributed by atoms with Gasteiger partial charge in [-0.1, -0.05) is 41.9 Å². The molecule has 0 aliphatic heterocycles. The Morgan fingerprint density at radius 2 is 1.90 bits per heavy atom. The SMILES string of the molecule is CC(NS(=O)(=O)c1ccc(OCC(=O)NCc2ccco2)c(Cl)c1)c1ccccc1. The minimum Gasteiger partial charge on any atom is -0.482 e. The van der Waals surface area contributed by atoms with Crippen LogP contribution in [0.25, 0.3) is 0 Å². The van der Waals surface area contributed by atoms with Crippen LogP contribution < -0.4 is 14.8 Å². The summed E-state index contributed by atoms with van der Waals surface area (Å²) < 4.78 is 38.5. The molecule has 7 nitrogen and oxygen atoms in total. The maximum Gasteiger partial charge on any atom is 0.258 e. The van der Waals surface area contributed by atoms with Gasteiger partial charge in [-0.3, -0.25) is 4.79 Å². The number of hydrogen-bond donors (Lipinski definition) is 2. The summed E-state index contributed by atoms with van der Waals surface area (Å²) in [6.07, 6.45) is 1.52. The van der Waals surface area contributed by atoms with E-state index in [1.165, 1.54) is 24.5 Å².